The molecule has 21 heavy (non-hydrogen) atoms. The molecule has 3 aliphatic carbocycles. The van der Waals surface area contributed by atoms with E-state index in [0.29, 0.717) is 17.4 Å². The van der Waals surface area contributed by atoms with Crippen molar-refractivity contribution in [3.05, 3.63) is 12.2 Å². The van der Waals surface area contributed by atoms with Gasteiger partial charge in [-0.3, -0.25) is 0 Å². The molecule has 0 aromatic carbocycles. The SMILES string of the molecule is C=C(C)C(=O)OC1C(OC)C2(C(C)C)CCC1(C)CC2C. The molecule has 0 amide bonds. The van der Waals surface area contributed by atoms with E-state index in [2.05, 4.69) is 34.3 Å². The van der Waals surface area contributed by atoms with E-state index in [9.17, 15) is 4.79 Å². The number of rotatable bonds is 4. The molecule has 0 heterocycles. The predicted octanol–water partition coefficient (Wildman–Crippen LogP) is 3.97. The van der Waals surface area contributed by atoms with Crippen LogP contribution in [-0.4, -0.2) is 25.3 Å². The van der Waals surface area contributed by atoms with Crippen LogP contribution in [0.4, 0.5) is 0 Å². The molecule has 5 atom stereocenters. The quantitative estimate of drug-likeness (QED) is 0.581. The van der Waals surface area contributed by atoms with Gasteiger partial charge in [-0.05, 0) is 38.0 Å². The van der Waals surface area contributed by atoms with Crippen LogP contribution in [-0.2, 0) is 14.3 Å². The Bertz CT molecular complexity index is 442. The Morgan fingerprint density at radius 1 is 1.29 bits per heavy atom. The van der Waals surface area contributed by atoms with E-state index in [1.54, 1.807) is 14.0 Å². The topological polar surface area (TPSA) is 35.5 Å². The summed E-state index contributed by atoms with van der Waals surface area (Å²) in [5.74, 6) is 0.802. The van der Waals surface area contributed by atoms with Gasteiger partial charge >= 0.3 is 5.97 Å². The van der Waals surface area contributed by atoms with Gasteiger partial charge in [-0.25, -0.2) is 4.79 Å². The standard InChI is InChI=1S/C18H30O3/c1-11(2)16(19)21-14-15(20-7)18(12(3)4)9-8-17(14,6)10-13(18)5/h12-15H,1,8-10H2,2-7H3. The number of carbonyl (C=O) groups excluding carboxylic acids is 1. The van der Waals surface area contributed by atoms with Gasteiger partial charge in [0.15, 0.2) is 0 Å². The van der Waals surface area contributed by atoms with Gasteiger partial charge in [-0.2, -0.15) is 0 Å². The van der Waals surface area contributed by atoms with Gasteiger partial charge in [0, 0.05) is 23.5 Å². The Kier molecular flexibility index (Phi) is 4.27. The summed E-state index contributed by atoms with van der Waals surface area (Å²) >= 11 is 0. The fourth-order valence-corrected chi connectivity index (χ4v) is 5.02. The van der Waals surface area contributed by atoms with Gasteiger partial charge in [-0.15, -0.1) is 0 Å². The molecule has 3 heteroatoms. The van der Waals surface area contributed by atoms with E-state index in [1.807, 2.05) is 0 Å². The Hall–Kier alpha value is -0.830. The highest BCUT2D eigenvalue weighted by molar-refractivity contribution is 5.87. The van der Waals surface area contributed by atoms with E-state index < -0.39 is 0 Å². The molecule has 120 valence electrons. The molecule has 0 spiro atoms. The van der Waals surface area contributed by atoms with E-state index in [4.69, 9.17) is 9.47 Å². The Morgan fingerprint density at radius 3 is 2.33 bits per heavy atom. The average Bonchev–Trinajstić information content (AvgIpc) is 2.39. The number of methoxy groups -OCH3 is 1. The summed E-state index contributed by atoms with van der Waals surface area (Å²) in [4.78, 5) is 12.1. The maximum absolute atomic E-state index is 12.1. The van der Waals surface area contributed by atoms with Crippen LogP contribution in [0.2, 0.25) is 0 Å². The van der Waals surface area contributed by atoms with Crippen LogP contribution < -0.4 is 0 Å². The molecule has 0 saturated heterocycles. The molecule has 0 aromatic heterocycles. The normalized spacial score (nSPS) is 42.1. The lowest BCUT2D eigenvalue weighted by atomic mass is 9.44. The molecule has 5 unspecified atom stereocenters. The van der Waals surface area contributed by atoms with Gasteiger partial charge in [0.05, 0.1) is 0 Å². The zero-order valence-electron chi connectivity index (χ0n) is 14.4. The highest BCUT2D eigenvalue weighted by Gasteiger charge is 2.64. The van der Waals surface area contributed by atoms with Crippen molar-refractivity contribution in [1.29, 1.82) is 0 Å². The van der Waals surface area contributed by atoms with Crippen molar-refractivity contribution in [3.8, 4) is 0 Å². The average molecular weight is 294 g/mol. The van der Waals surface area contributed by atoms with Crippen molar-refractivity contribution >= 4 is 5.97 Å². The van der Waals surface area contributed by atoms with Crippen LogP contribution in [0.15, 0.2) is 12.2 Å². The van der Waals surface area contributed by atoms with Crippen molar-refractivity contribution in [3.63, 3.8) is 0 Å². The first kappa shape index (κ1) is 16.5. The fourth-order valence-electron chi connectivity index (χ4n) is 5.02. The third kappa shape index (κ3) is 2.34. The second-order valence-electron chi connectivity index (χ2n) is 7.79. The minimum absolute atomic E-state index is 0.0157. The van der Waals surface area contributed by atoms with Gasteiger partial charge in [0.25, 0.3) is 0 Å². The van der Waals surface area contributed by atoms with Crippen molar-refractivity contribution in [2.45, 2.75) is 66.1 Å². The summed E-state index contributed by atoms with van der Waals surface area (Å²) in [5, 5.41) is 0. The van der Waals surface area contributed by atoms with Crippen molar-refractivity contribution in [1.82, 2.24) is 0 Å². The largest absolute Gasteiger partial charge is 0.456 e. The van der Waals surface area contributed by atoms with E-state index in [1.165, 1.54) is 0 Å². The third-order valence-electron chi connectivity index (χ3n) is 6.22. The van der Waals surface area contributed by atoms with Crippen LogP contribution in [0.5, 0.6) is 0 Å². The molecular formula is C18H30O3. The van der Waals surface area contributed by atoms with Crippen molar-refractivity contribution < 1.29 is 14.3 Å². The second-order valence-corrected chi connectivity index (χ2v) is 7.79. The first-order valence-corrected chi connectivity index (χ1v) is 8.08. The molecule has 0 aliphatic heterocycles. The van der Waals surface area contributed by atoms with Gasteiger partial charge < -0.3 is 9.47 Å². The number of esters is 1. The summed E-state index contributed by atoms with van der Waals surface area (Å²) in [6, 6.07) is 0. The molecule has 0 N–H and O–H groups in total. The fraction of sp³-hybridized carbons (Fsp3) is 0.833. The highest BCUT2D eigenvalue weighted by Crippen LogP contribution is 2.63. The minimum atomic E-state index is -0.289. The summed E-state index contributed by atoms with van der Waals surface area (Å²) in [5.41, 5.74) is 0.579. The summed E-state index contributed by atoms with van der Waals surface area (Å²) in [6.45, 7) is 14.5. The molecule has 0 radical (unpaired) electrons. The number of fused-ring (bicyclic) bond motifs is 3. The smallest absolute Gasteiger partial charge is 0.333 e. The zero-order valence-corrected chi connectivity index (χ0v) is 14.4. The molecule has 3 rings (SSSR count). The molecular weight excluding hydrogens is 264 g/mol. The van der Waals surface area contributed by atoms with E-state index in [-0.39, 0.29) is 29.0 Å². The summed E-state index contributed by atoms with van der Waals surface area (Å²) < 4.78 is 11.8. The minimum Gasteiger partial charge on any atom is -0.456 e. The Morgan fingerprint density at radius 2 is 1.90 bits per heavy atom. The zero-order chi connectivity index (χ0) is 16.0. The lowest BCUT2D eigenvalue weighted by Crippen LogP contribution is -2.66. The van der Waals surface area contributed by atoms with Gasteiger partial charge in [0.1, 0.15) is 12.2 Å². The molecule has 0 aromatic rings. The number of ether oxygens (including phenoxy) is 2. The summed E-state index contributed by atoms with van der Waals surface area (Å²) in [7, 11) is 1.76. The highest BCUT2D eigenvalue weighted by atomic mass is 16.6. The van der Waals surface area contributed by atoms with Crippen LogP contribution in [0.1, 0.15) is 53.9 Å². The molecule has 2 bridgehead atoms. The summed E-state index contributed by atoms with van der Waals surface area (Å²) in [6.07, 6.45) is 3.16. The third-order valence-corrected chi connectivity index (χ3v) is 6.22. The van der Waals surface area contributed by atoms with Crippen LogP contribution in [0.25, 0.3) is 0 Å². The van der Waals surface area contributed by atoms with E-state index >= 15 is 0 Å². The predicted molar refractivity (Wildman–Crippen MR) is 83.9 cm³/mol. The molecule has 3 fully saturated rings. The van der Waals surface area contributed by atoms with Gasteiger partial charge in [-0.1, -0.05) is 34.3 Å². The van der Waals surface area contributed by atoms with Crippen molar-refractivity contribution in [2.75, 3.05) is 7.11 Å². The van der Waals surface area contributed by atoms with Crippen LogP contribution in [0, 0.1) is 22.7 Å². The number of carbonyl (C=O) groups is 1. The Labute approximate surface area is 129 Å². The lowest BCUT2D eigenvalue weighted by molar-refractivity contribution is -0.251. The maximum Gasteiger partial charge on any atom is 0.333 e. The van der Waals surface area contributed by atoms with Crippen molar-refractivity contribution in [2.24, 2.45) is 22.7 Å². The lowest BCUT2D eigenvalue weighted by Gasteiger charge is -2.64. The molecule has 3 nitrogen and oxygen atoms in total. The van der Waals surface area contributed by atoms with Crippen LogP contribution in [0.3, 0.4) is 0 Å². The second kappa shape index (κ2) is 5.42. The molecule has 3 saturated carbocycles. The maximum atomic E-state index is 12.1. The number of hydrogen-bond acceptors (Lipinski definition) is 3. The number of hydrogen-bond donors (Lipinski definition) is 0. The molecule has 3 aliphatic rings. The first-order chi connectivity index (χ1) is 9.69. The van der Waals surface area contributed by atoms with Crippen LogP contribution >= 0.6 is 0 Å². The van der Waals surface area contributed by atoms with Gasteiger partial charge in [0.2, 0.25) is 0 Å². The first-order valence-electron chi connectivity index (χ1n) is 8.08. The monoisotopic (exact) mass is 294 g/mol. The Balaban J connectivity index is 2.40. The van der Waals surface area contributed by atoms with E-state index in [0.717, 1.165) is 19.3 Å².